The minimum atomic E-state index is -0.292. The highest BCUT2D eigenvalue weighted by atomic mass is 79.9. The van der Waals surface area contributed by atoms with Crippen LogP contribution in [0, 0.1) is 6.92 Å². The van der Waals surface area contributed by atoms with Gasteiger partial charge in [-0.2, -0.15) is 0 Å². The topological polar surface area (TPSA) is 55.8 Å². The van der Waals surface area contributed by atoms with E-state index in [9.17, 15) is 9.59 Å². The number of benzene rings is 2. The Balaban J connectivity index is 1.86. The summed E-state index contributed by atoms with van der Waals surface area (Å²) in [4.78, 5) is 26.9. The van der Waals surface area contributed by atoms with Crippen molar-refractivity contribution in [3.8, 4) is 11.5 Å². The second kappa shape index (κ2) is 9.50. The molecule has 1 aliphatic rings. The number of nitrogens with zero attached hydrogens (tertiary/aromatic N) is 1. The van der Waals surface area contributed by atoms with Crippen LogP contribution in [0.25, 0.3) is 6.08 Å². The van der Waals surface area contributed by atoms with Crippen LogP contribution in [0.2, 0.25) is 0 Å². The van der Waals surface area contributed by atoms with E-state index >= 15 is 0 Å². The average Bonchev–Trinajstić information content (AvgIpc) is 2.95. The number of rotatable bonds is 7. The lowest BCUT2D eigenvalue weighted by molar-refractivity contribution is -0.123. The molecule has 5 nitrogen and oxygen atoms in total. The first kappa shape index (κ1) is 21.5. The Hall–Kier alpha value is -2.25. The van der Waals surface area contributed by atoms with E-state index in [1.54, 1.807) is 6.08 Å². The molecule has 0 saturated carbocycles. The molecule has 0 radical (unpaired) electrons. The maximum Gasteiger partial charge on any atom is 0.293 e. The molecule has 2 aromatic carbocycles. The first-order chi connectivity index (χ1) is 13.9. The summed E-state index contributed by atoms with van der Waals surface area (Å²) in [6.07, 6.45) is 1.71. The van der Waals surface area contributed by atoms with Crippen molar-refractivity contribution >= 4 is 44.9 Å². The van der Waals surface area contributed by atoms with Gasteiger partial charge in [-0.25, -0.2) is 0 Å². The van der Waals surface area contributed by atoms with Crippen molar-refractivity contribution < 1.29 is 19.1 Å². The van der Waals surface area contributed by atoms with E-state index in [2.05, 4.69) is 15.9 Å². The summed E-state index contributed by atoms with van der Waals surface area (Å²) in [7, 11) is 0. The Morgan fingerprint density at radius 3 is 2.28 bits per heavy atom. The van der Waals surface area contributed by atoms with Crippen molar-refractivity contribution in [2.24, 2.45) is 0 Å². The molecule has 152 valence electrons. The molecule has 0 atom stereocenters. The number of hydrogen-bond acceptors (Lipinski definition) is 5. The van der Waals surface area contributed by atoms with E-state index < -0.39 is 0 Å². The predicted molar refractivity (Wildman–Crippen MR) is 119 cm³/mol. The summed E-state index contributed by atoms with van der Waals surface area (Å²) in [5.74, 6) is 0.938. The van der Waals surface area contributed by atoms with Gasteiger partial charge in [-0.15, -0.1) is 0 Å². The summed E-state index contributed by atoms with van der Waals surface area (Å²) < 4.78 is 12.0. The smallest absolute Gasteiger partial charge is 0.293 e. The Labute approximate surface area is 183 Å². The lowest BCUT2D eigenvalue weighted by Crippen LogP contribution is -2.27. The van der Waals surface area contributed by atoms with E-state index in [-0.39, 0.29) is 17.7 Å². The van der Waals surface area contributed by atoms with E-state index in [4.69, 9.17) is 9.47 Å². The van der Waals surface area contributed by atoms with Gasteiger partial charge in [0, 0.05) is 4.47 Å². The molecule has 1 heterocycles. The molecular formula is C22H22BrNO4S. The van der Waals surface area contributed by atoms with Crippen LogP contribution < -0.4 is 9.47 Å². The van der Waals surface area contributed by atoms with Gasteiger partial charge in [-0.05, 0) is 61.9 Å². The van der Waals surface area contributed by atoms with Crippen LogP contribution in [0.3, 0.4) is 0 Å². The van der Waals surface area contributed by atoms with E-state index in [0.717, 1.165) is 32.9 Å². The fourth-order valence-corrected chi connectivity index (χ4v) is 4.12. The minimum Gasteiger partial charge on any atom is -0.490 e. The molecule has 2 aromatic rings. The monoisotopic (exact) mass is 475 g/mol. The van der Waals surface area contributed by atoms with Crippen LogP contribution in [0.1, 0.15) is 30.5 Å². The third kappa shape index (κ3) is 5.03. The standard InChI is InChI=1S/C22H22BrNO4S/c1-4-27-18-10-16(17(23)12-19(18)28-5-2)11-20-21(25)24(22(26)29-20)13-15-8-6-14(3)7-9-15/h6-12H,4-5,13H2,1-3H3/b20-11-. The SMILES string of the molecule is CCOc1cc(Br)c(/C=C2\SC(=O)N(Cc3ccc(C)cc3)C2=O)cc1OCC. The summed E-state index contributed by atoms with van der Waals surface area (Å²) in [5, 5.41) is -0.270. The second-order valence-electron chi connectivity index (χ2n) is 6.44. The predicted octanol–water partition coefficient (Wildman–Crippen LogP) is 5.79. The third-order valence-corrected chi connectivity index (χ3v) is 5.88. The van der Waals surface area contributed by atoms with Crippen molar-refractivity contribution in [3.05, 3.63) is 62.5 Å². The zero-order valence-corrected chi connectivity index (χ0v) is 18.9. The molecule has 1 fully saturated rings. The van der Waals surface area contributed by atoms with Gasteiger partial charge in [0.25, 0.3) is 11.1 Å². The van der Waals surface area contributed by atoms with Crippen molar-refractivity contribution in [1.29, 1.82) is 0 Å². The fourth-order valence-electron chi connectivity index (χ4n) is 2.85. The molecule has 0 bridgehead atoms. The number of hydrogen-bond donors (Lipinski definition) is 0. The normalized spacial score (nSPS) is 15.3. The Kier molecular flexibility index (Phi) is 7.03. The maximum atomic E-state index is 12.8. The van der Waals surface area contributed by atoms with Gasteiger partial charge in [0.05, 0.1) is 24.7 Å². The maximum absolute atomic E-state index is 12.8. The quantitative estimate of drug-likeness (QED) is 0.474. The molecule has 29 heavy (non-hydrogen) atoms. The first-order valence-electron chi connectivity index (χ1n) is 9.33. The number of thioether (sulfide) groups is 1. The molecular weight excluding hydrogens is 454 g/mol. The van der Waals surface area contributed by atoms with E-state index in [0.29, 0.717) is 29.6 Å². The van der Waals surface area contributed by atoms with Crippen LogP contribution in [0.4, 0.5) is 4.79 Å². The second-order valence-corrected chi connectivity index (χ2v) is 8.29. The lowest BCUT2D eigenvalue weighted by Gasteiger charge is -2.13. The van der Waals surface area contributed by atoms with Crippen LogP contribution in [0.5, 0.6) is 11.5 Å². The van der Waals surface area contributed by atoms with Crippen LogP contribution in [0.15, 0.2) is 45.8 Å². The highest BCUT2D eigenvalue weighted by molar-refractivity contribution is 9.10. The van der Waals surface area contributed by atoms with Gasteiger partial charge in [-0.3, -0.25) is 14.5 Å². The van der Waals surface area contributed by atoms with Crippen molar-refractivity contribution in [1.82, 2.24) is 4.90 Å². The number of ether oxygens (including phenoxy) is 2. The highest BCUT2D eigenvalue weighted by Crippen LogP contribution is 2.38. The molecule has 7 heteroatoms. The van der Waals surface area contributed by atoms with Crippen molar-refractivity contribution in [3.63, 3.8) is 0 Å². The van der Waals surface area contributed by atoms with E-state index in [1.807, 2.05) is 57.2 Å². The highest BCUT2D eigenvalue weighted by Gasteiger charge is 2.35. The number of aryl methyl sites for hydroxylation is 1. The molecule has 1 saturated heterocycles. The largest absolute Gasteiger partial charge is 0.490 e. The molecule has 2 amide bonds. The van der Waals surface area contributed by atoms with Crippen LogP contribution in [-0.2, 0) is 11.3 Å². The number of halogens is 1. The van der Waals surface area contributed by atoms with E-state index in [1.165, 1.54) is 4.90 Å². The fraction of sp³-hybridized carbons (Fsp3) is 0.273. The zero-order valence-electron chi connectivity index (χ0n) is 16.5. The van der Waals surface area contributed by atoms with Gasteiger partial charge < -0.3 is 9.47 Å². The minimum absolute atomic E-state index is 0.261. The Morgan fingerprint density at radius 1 is 1.03 bits per heavy atom. The molecule has 0 N–H and O–H groups in total. The Bertz CT molecular complexity index is 956. The summed E-state index contributed by atoms with van der Waals surface area (Å²) >= 11 is 4.47. The molecule has 0 aliphatic carbocycles. The number of carbonyl (C=O) groups excluding carboxylic acids is 2. The third-order valence-electron chi connectivity index (χ3n) is 4.28. The van der Waals surface area contributed by atoms with Gasteiger partial charge in [0.15, 0.2) is 11.5 Å². The number of imide groups is 1. The van der Waals surface area contributed by atoms with Gasteiger partial charge >= 0.3 is 0 Å². The summed E-state index contributed by atoms with van der Waals surface area (Å²) in [5.41, 5.74) is 2.80. The van der Waals surface area contributed by atoms with Crippen LogP contribution >= 0.6 is 27.7 Å². The Morgan fingerprint density at radius 2 is 1.66 bits per heavy atom. The number of amides is 2. The lowest BCUT2D eigenvalue weighted by atomic mass is 10.1. The van der Waals surface area contributed by atoms with Gasteiger partial charge in [0.2, 0.25) is 0 Å². The molecule has 0 aromatic heterocycles. The first-order valence-corrected chi connectivity index (χ1v) is 10.9. The van der Waals surface area contributed by atoms with Gasteiger partial charge in [-0.1, -0.05) is 45.8 Å². The zero-order chi connectivity index (χ0) is 21.0. The van der Waals surface area contributed by atoms with Gasteiger partial charge in [0.1, 0.15) is 0 Å². The summed E-state index contributed by atoms with van der Waals surface area (Å²) in [6.45, 7) is 7.07. The van der Waals surface area contributed by atoms with Crippen molar-refractivity contribution in [2.75, 3.05) is 13.2 Å². The van der Waals surface area contributed by atoms with Crippen LogP contribution in [-0.4, -0.2) is 29.3 Å². The number of carbonyl (C=O) groups is 2. The average molecular weight is 476 g/mol. The molecule has 1 aliphatic heterocycles. The molecule has 0 spiro atoms. The molecule has 0 unspecified atom stereocenters. The molecule has 3 rings (SSSR count). The van der Waals surface area contributed by atoms with Crippen molar-refractivity contribution in [2.45, 2.75) is 27.3 Å². The summed E-state index contributed by atoms with van der Waals surface area (Å²) in [6, 6.07) is 11.4.